The summed E-state index contributed by atoms with van der Waals surface area (Å²) >= 11 is 6.12. The summed E-state index contributed by atoms with van der Waals surface area (Å²) in [5.41, 5.74) is 2.04. The third-order valence-electron chi connectivity index (χ3n) is 3.36. The minimum atomic E-state index is 0.727. The van der Waals surface area contributed by atoms with Crippen LogP contribution in [-0.2, 0) is 6.42 Å². The van der Waals surface area contributed by atoms with Crippen molar-refractivity contribution in [1.82, 2.24) is 10.3 Å². The average Bonchev–Trinajstić information content (AvgIpc) is 3.10. The minimum absolute atomic E-state index is 0.727. The van der Waals surface area contributed by atoms with Crippen molar-refractivity contribution < 1.29 is 4.42 Å². The highest BCUT2D eigenvalue weighted by Crippen LogP contribution is 2.26. The molecule has 0 bridgehead atoms. The number of hydrogen-bond donors (Lipinski definition) is 1. The first-order valence-electron chi connectivity index (χ1n) is 6.67. The lowest BCUT2D eigenvalue weighted by molar-refractivity contribution is 0.494. The predicted octanol–water partition coefficient (Wildman–Crippen LogP) is 3.60. The van der Waals surface area contributed by atoms with E-state index in [1.54, 1.807) is 6.20 Å². The van der Waals surface area contributed by atoms with Crippen LogP contribution in [0.5, 0.6) is 0 Å². The molecule has 0 atom stereocenters. The van der Waals surface area contributed by atoms with Crippen LogP contribution in [0, 0.1) is 6.92 Å². The molecule has 1 saturated carbocycles. The van der Waals surface area contributed by atoms with E-state index in [4.69, 9.17) is 16.0 Å². The van der Waals surface area contributed by atoms with E-state index >= 15 is 0 Å². The molecule has 1 aliphatic rings. The van der Waals surface area contributed by atoms with Gasteiger partial charge in [0.15, 0.2) is 11.7 Å². The van der Waals surface area contributed by atoms with E-state index in [-0.39, 0.29) is 0 Å². The van der Waals surface area contributed by atoms with Crippen LogP contribution >= 0.6 is 11.6 Å². The summed E-state index contributed by atoms with van der Waals surface area (Å²) in [7, 11) is 0. The van der Waals surface area contributed by atoms with Gasteiger partial charge >= 0.3 is 0 Å². The molecule has 1 aromatic carbocycles. The summed E-state index contributed by atoms with van der Waals surface area (Å²) in [6.07, 6.45) is 5.21. The Balaban J connectivity index is 1.67. The summed E-state index contributed by atoms with van der Waals surface area (Å²) in [5.74, 6) is 1.56. The minimum Gasteiger partial charge on any atom is -0.441 e. The Labute approximate surface area is 118 Å². The van der Waals surface area contributed by atoms with Crippen LogP contribution in [0.4, 0.5) is 0 Å². The van der Waals surface area contributed by atoms with E-state index in [2.05, 4.69) is 10.3 Å². The van der Waals surface area contributed by atoms with E-state index in [1.807, 2.05) is 25.1 Å². The first kappa shape index (κ1) is 12.7. The van der Waals surface area contributed by atoms with Crippen molar-refractivity contribution in [3.63, 3.8) is 0 Å². The van der Waals surface area contributed by atoms with Gasteiger partial charge in [0, 0.05) is 29.6 Å². The zero-order valence-electron chi connectivity index (χ0n) is 10.9. The van der Waals surface area contributed by atoms with Crippen molar-refractivity contribution >= 4 is 11.6 Å². The Morgan fingerprint density at radius 3 is 3.00 bits per heavy atom. The predicted molar refractivity (Wildman–Crippen MR) is 76.4 cm³/mol. The van der Waals surface area contributed by atoms with Crippen LogP contribution in [0.15, 0.2) is 28.8 Å². The van der Waals surface area contributed by atoms with Crippen LogP contribution in [-0.4, -0.2) is 17.6 Å². The summed E-state index contributed by atoms with van der Waals surface area (Å²) in [5, 5.41) is 4.20. The fraction of sp³-hybridized carbons (Fsp3) is 0.400. The van der Waals surface area contributed by atoms with Gasteiger partial charge in [-0.25, -0.2) is 4.98 Å². The van der Waals surface area contributed by atoms with Gasteiger partial charge in [0.25, 0.3) is 0 Å². The second-order valence-corrected chi connectivity index (χ2v) is 5.47. The monoisotopic (exact) mass is 276 g/mol. The van der Waals surface area contributed by atoms with E-state index in [0.717, 1.165) is 46.8 Å². The third kappa shape index (κ3) is 3.17. The molecular weight excluding hydrogens is 260 g/mol. The van der Waals surface area contributed by atoms with Crippen LogP contribution in [0.3, 0.4) is 0 Å². The maximum atomic E-state index is 6.12. The summed E-state index contributed by atoms with van der Waals surface area (Å²) in [6.45, 7) is 2.92. The van der Waals surface area contributed by atoms with Gasteiger partial charge in [0.05, 0.1) is 6.20 Å². The molecule has 3 nitrogen and oxygen atoms in total. The second-order valence-electron chi connectivity index (χ2n) is 5.06. The molecular formula is C15H17ClN2O. The molecule has 1 aromatic heterocycles. The molecule has 1 aliphatic carbocycles. The van der Waals surface area contributed by atoms with Gasteiger partial charge in [-0.05, 0) is 31.4 Å². The number of nitrogens with zero attached hydrogens (tertiary/aromatic N) is 1. The third-order valence-corrected chi connectivity index (χ3v) is 3.77. The van der Waals surface area contributed by atoms with Gasteiger partial charge in [0.1, 0.15) is 0 Å². The number of rotatable bonds is 5. The van der Waals surface area contributed by atoms with Gasteiger partial charge < -0.3 is 9.73 Å². The molecule has 0 saturated heterocycles. The number of nitrogens with one attached hydrogen (secondary N) is 1. The molecule has 100 valence electrons. The Kier molecular flexibility index (Phi) is 3.58. The molecule has 0 amide bonds. The van der Waals surface area contributed by atoms with Crippen molar-refractivity contribution in [2.75, 3.05) is 6.54 Å². The van der Waals surface area contributed by atoms with E-state index in [1.165, 1.54) is 12.8 Å². The van der Waals surface area contributed by atoms with Gasteiger partial charge in [-0.3, -0.25) is 0 Å². The highest BCUT2D eigenvalue weighted by atomic mass is 35.5. The van der Waals surface area contributed by atoms with E-state index < -0.39 is 0 Å². The van der Waals surface area contributed by atoms with Crippen LogP contribution in [0.1, 0.15) is 24.3 Å². The maximum Gasteiger partial charge on any atom is 0.196 e. The summed E-state index contributed by atoms with van der Waals surface area (Å²) < 4.78 is 5.76. The molecule has 4 heteroatoms. The molecule has 1 fully saturated rings. The molecule has 0 radical (unpaired) electrons. The average molecular weight is 277 g/mol. The maximum absolute atomic E-state index is 6.12. The normalized spacial score (nSPS) is 14.8. The first-order valence-corrected chi connectivity index (χ1v) is 7.05. The lowest BCUT2D eigenvalue weighted by Crippen LogP contribution is -2.19. The largest absolute Gasteiger partial charge is 0.441 e. The molecule has 0 spiro atoms. The number of hydrogen-bond acceptors (Lipinski definition) is 3. The number of aromatic nitrogens is 1. The Hall–Kier alpha value is -1.32. The molecule has 19 heavy (non-hydrogen) atoms. The zero-order chi connectivity index (χ0) is 13.2. The molecule has 2 aromatic rings. The molecule has 1 N–H and O–H groups in total. The smallest absolute Gasteiger partial charge is 0.196 e. The van der Waals surface area contributed by atoms with Crippen molar-refractivity contribution in [1.29, 1.82) is 0 Å². The first-order chi connectivity index (χ1) is 9.22. The Morgan fingerprint density at radius 1 is 1.42 bits per heavy atom. The summed E-state index contributed by atoms with van der Waals surface area (Å²) in [4.78, 5) is 4.31. The van der Waals surface area contributed by atoms with Crippen molar-refractivity contribution in [3.05, 3.63) is 40.9 Å². The quantitative estimate of drug-likeness (QED) is 0.907. The SMILES string of the molecule is Cc1ccc(-c2cnc(CCNC3CC3)o2)cc1Cl. The molecule has 0 unspecified atom stereocenters. The Bertz CT molecular complexity index is 575. The van der Waals surface area contributed by atoms with Gasteiger partial charge in [0.2, 0.25) is 0 Å². The van der Waals surface area contributed by atoms with Crippen molar-refractivity contribution in [2.45, 2.75) is 32.2 Å². The van der Waals surface area contributed by atoms with Crippen LogP contribution < -0.4 is 5.32 Å². The fourth-order valence-corrected chi connectivity index (χ4v) is 2.16. The lowest BCUT2D eigenvalue weighted by Gasteiger charge is -2.01. The van der Waals surface area contributed by atoms with Crippen LogP contribution in [0.2, 0.25) is 5.02 Å². The Morgan fingerprint density at radius 2 is 2.26 bits per heavy atom. The topological polar surface area (TPSA) is 38.1 Å². The van der Waals surface area contributed by atoms with E-state index in [0.29, 0.717) is 0 Å². The lowest BCUT2D eigenvalue weighted by atomic mass is 10.1. The van der Waals surface area contributed by atoms with Crippen LogP contribution in [0.25, 0.3) is 11.3 Å². The zero-order valence-corrected chi connectivity index (χ0v) is 11.7. The van der Waals surface area contributed by atoms with Crippen molar-refractivity contribution in [2.24, 2.45) is 0 Å². The highest BCUT2D eigenvalue weighted by molar-refractivity contribution is 6.31. The molecule has 3 rings (SSSR count). The fourth-order valence-electron chi connectivity index (χ4n) is 1.98. The summed E-state index contributed by atoms with van der Waals surface area (Å²) in [6, 6.07) is 6.65. The van der Waals surface area contributed by atoms with Crippen molar-refractivity contribution in [3.8, 4) is 11.3 Å². The highest BCUT2D eigenvalue weighted by Gasteiger charge is 2.20. The number of oxazole rings is 1. The van der Waals surface area contributed by atoms with Gasteiger partial charge in [-0.2, -0.15) is 0 Å². The number of aryl methyl sites for hydroxylation is 1. The number of halogens is 1. The number of benzene rings is 1. The van der Waals surface area contributed by atoms with Gasteiger partial charge in [-0.15, -0.1) is 0 Å². The second kappa shape index (κ2) is 5.35. The standard InChI is InChI=1S/C15H17ClN2O/c1-10-2-3-11(8-13(10)16)14-9-18-15(19-14)6-7-17-12-4-5-12/h2-3,8-9,12,17H,4-7H2,1H3. The molecule has 1 heterocycles. The molecule has 0 aliphatic heterocycles. The van der Waals surface area contributed by atoms with Gasteiger partial charge in [-0.1, -0.05) is 23.7 Å². The van der Waals surface area contributed by atoms with E-state index in [9.17, 15) is 0 Å².